The van der Waals surface area contributed by atoms with Crippen molar-refractivity contribution in [2.24, 2.45) is 0 Å². The molecule has 1 aromatic heterocycles. The Balaban J connectivity index is 1.98. The molecule has 0 aliphatic carbocycles. The number of nitrogens with zero attached hydrogens (tertiary/aromatic N) is 3. The van der Waals surface area contributed by atoms with Gasteiger partial charge in [-0.3, -0.25) is 0 Å². The van der Waals surface area contributed by atoms with Crippen LogP contribution in [0.1, 0.15) is 11.1 Å². The van der Waals surface area contributed by atoms with E-state index in [2.05, 4.69) is 43.9 Å². The molecule has 4 nitrogen and oxygen atoms in total. The van der Waals surface area contributed by atoms with E-state index in [-0.39, 0.29) is 0 Å². The minimum atomic E-state index is 0.606. The van der Waals surface area contributed by atoms with Crippen LogP contribution >= 0.6 is 22.6 Å². The van der Waals surface area contributed by atoms with Crippen LogP contribution in [0.3, 0.4) is 0 Å². The quantitative estimate of drug-likeness (QED) is 0.875. The third-order valence-corrected chi connectivity index (χ3v) is 2.71. The molecule has 1 N–H and O–H groups in total. The molecule has 0 bridgehead atoms. The fourth-order valence-electron chi connectivity index (χ4n) is 1.28. The average molecular weight is 336 g/mol. The number of benzene rings is 1. The van der Waals surface area contributed by atoms with E-state index < -0.39 is 0 Å². The minimum Gasteiger partial charge on any atom is -0.350 e. The highest BCUT2D eigenvalue weighted by atomic mass is 127. The topological polar surface area (TPSA) is 61.6 Å². The van der Waals surface area contributed by atoms with Crippen molar-refractivity contribution in [2.45, 2.75) is 6.54 Å². The summed E-state index contributed by atoms with van der Waals surface area (Å²) in [6.07, 6.45) is 3.52. The molecule has 2 aromatic rings. The van der Waals surface area contributed by atoms with Crippen molar-refractivity contribution in [3.05, 3.63) is 51.4 Å². The van der Waals surface area contributed by atoms with Gasteiger partial charge >= 0.3 is 0 Å². The zero-order valence-corrected chi connectivity index (χ0v) is 11.0. The summed E-state index contributed by atoms with van der Waals surface area (Å²) in [4.78, 5) is 8.29. The maximum atomic E-state index is 8.68. The second kappa shape index (κ2) is 5.59. The third kappa shape index (κ3) is 3.39. The molecule has 0 aliphatic heterocycles. The number of anilines is 1. The van der Waals surface area contributed by atoms with E-state index in [0.717, 1.165) is 9.13 Å². The van der Waals surface area contributed by atoms with E-state index in [1.54, 1.807) is 24.5 Å². The normalized spacial score (nSPS) is 9.65. The fourth-order valence-corrected chi connectivity index (χ4v) is 1.56. The standard InChI is InChI=1S/C12H9IN4/c13-11-7-16-12(17-8-11)15-6-10-3-1-9(5-14)2-4-10/h1-4,7-8H,6H2,(H,15,16,17). The van der Waals surface area contributed by atoms with E-state index >= 15 is 0 Å². The van der Waals surface area contributed by atoms with Crippen molar-refractivity contribution in [2.75, 3.05) is 5.32 Å². The first kappa shape index (κ1) is 11.8. The van der Waals surface area contributed by atoms with Gasteiger partial charge in [0.05, 0.1) is 11.6 Å². The summed E-state index contributed by atoms with van der Waals surface area (Å²) in [5.74, 6) is 0.606. The highest BCUT2D eigenvalue weighted by molar-refractivity contribution is 14.1. The number of halogens is 1. The Bertz CT molecular complexity index is 528. The zero-order chi connectivity index (χ0) is 12.1. The maximum Gasteiger partial charge on any atom is 0.222 e. The molecule has 1 heterocycles. The lowest BCUT2D eigenvalue weighted by Gasteiger charge is -2.04. The van der Waals surface area contributed by atoms with Crippen LogP contribution < -0.4 is 5.32 Å². The second-order valence-electron chi connectivity index (χ2n) is 3.39. The monoisotopic (exact) mass is 336 g/mol. The molecule has 0 saturated carbocycles. The lowest BCUT2D eigenvalue weighted by Crippen LogP contribution is -2.03. The number of hydrogen-bond donors (Lipinski definition) is 1. The molecular formula is C12H9IN4. The molecule has 2 rings (SSSR count). The van der Waals surface area contributed by atoms with Crippen molar-refractivity contribution in [1.82, 2.24) is 9.97 Å². The van der Waals surface area contributed by atoms with Crippen molar-refractivity contribution >= 4 is 28.5 Å². The first-order valence-corrected chi connectivity index (χ1v) is 6.06. The Morgan fingerprint density at radius 1 is 1.18 bits per heavy atom. The number of nitriles is 1. The molecule has 0 amide bonds. The molecule has 84 valence electrons. The highest BCUT2D eigenvalue weighted by Crippen LogP contribution is 2.07. The number of rotatable bonds is 3. The molecular weight excluding hydrogens is 327 g/mol. The van der Waals surface area contributed by atoms with Gasteiger partial charge in [0.15, 0.2) is 0 Å². The van der Waals surface area contributed by atoms with Crippen LogP contribution in [0.15, 0.2) is 36.7 Å². The summed E-state index contributed by atoms with van der Waals surface area (Å²) < 4.78 is 1.01. The Morgan fingerprint density at radius 2 is 1.82 bits per heavy atom. The van der Waals surface area contributed by atoms with Gasteiger partial charge in [-0.25, -0.2) is 9.97 Å². The van der Waals surface area contributed by atoms with Gasteiger partial charge in [0, 0.05) is 22.5 Å². The first-order chi connectivity index (χ1) is 8.28. The van der Waals surface area contributed by atoms with Crippen LogP contribution in [0.25, 0.3) is 0 Å². The average Bonchev–Trinajstić information content (AvgIpc) is 2.39. The number of hydrogen-bond acceptors (Lipinski definition) is 4. The van der Waals surface area contributed by atoms with E-state index in [1.165, 1.54) is 0 Å². The molecule has 17 heavy (non-hydrogen) atoms. The largest absolute Gasteiger partial charge is 0.350 e. The van der Waals surface area contributed by atoms with E-state index in [0.29, 0.717) is 18.1 Å². The van der Waals surface area contributed by atoms with Crippen LogP contribution in [0.4, 0.5) is 5.95 Å². The van der Waals surface area contributed by atoms with Crippen LogP contribution in [0.2, 0.25) is 0 Å². The lowest BCUT2D eigenvalue weighted by molar-refractivity contribution is 1.05. The molecule has 0 aliphatic rings. The molecule has 5 heteroatoms. The van der Waals surface area contributed by atoms with Gasteiger partial charge < -0.3 is 5.32 Å². The molecule has 0 spiro atoms. The smallest absolute Gasteiger partial charge is 0.222 e. The Hall–Kier alpha value is -1.68. The summed E-state index contributed by atoms with van der Waals surface area (Å²) in [5, 5.41) is 11.8. The van der Waals surface area contributed by atoms with Crippen molar-refractivity contribution in [1.29, 1.82) is 5.26 Å². The van der Waals surface area contributed by atoms with Crippen LogP contribution in [-0.4, -0.2) is 9.97 Å². The van der Waals surface area contributed by atoms with Crippen LogP contribution in [-0.2, 0) is 6.54 Å². The molecule has 0 fully saturated rings. The van der Waals surface area contributed by atoms with Crippen molar-refractivity contribution < 1.29 is 0 Å². The van der Waals surface area contributed by atoms with Crippen molar-refractivity contribution in [3.63, 3.8) is 0 Å². The van der Waals surface area contributed by atoms with Gasteiger partial charge in [0.1, 0.15) is 0 Å². The maximum absolute atomic E-state index is 8.68. The summed E-state index contributed by atoms with van der Waals surface area (Å²) in [7, 11) is 0. The summed E-state index contributed by atoms with van der Waals surface area (Å²) in [6, 6.07) is 9.51. The Kier molecular flexibility index (Phi) is 3.88. The van der Waals surface area contributed by atoms with Crippen LogP contribution in [0.5, 0.6) is 0 Å². The van der Waals surface area contributed by atoms with Gasteiger partial charge in [-0.15, -0.1) is 0 Å². The van der Waals surface area contributed by atoms with Crippen LogP contribution in [0, 0.1) is 14.9 Å². The van der Waals surface area contributed by atoms with Crippen molar-refractivity contribution in [3.8, 4) is 6.07 Å². The Morgan fingerprint density at radius 3 is 2.41 bits per heavy atom. The van der Waals surface area contributed by atoms with Gasteiger partial charge in [-0.2, -0.15) is 5.26 Å². The van der Waals surface area contributed by atoms with Gasteiger partial charge in [-0.1, -0.05) is 12.1 Å². The predicted molar refractivity (Wildman–Crippen MR) is 73.2 cm³/mol. The number of aromatic nitrogens is 2. The molecule has 0 unspecified atom stereocenters. The SMILES string of the molecule is N#Cc1ccc(CNc2ncc(I)cn2)cc1. The highest BCUT2D eigenvalue weighted by Gasteiger charge is 1.97. The molecule has 0 saturated heterocycles. The Labute approximate surface area is 113 Å². The van der Waals surface area contributed by atoms with E-state index in [1.807, 2.05) is 12.1 Å². The summed E-state index contributed by atoms with van der Waals surface area (Å²) in [5.41, 5.74) is 1.76. The minimum absolute atomic E-state index is 0.606. The summed E-state index contributed by atoms with van der Waals surface area (Å²) in [6.45, 7) is 0.645. The number of nitrogens with one attached hydrogen (secondary N) is 1. The van der Waals surface area contributed by atoms with Gasteiger partial charge in [0.2, 0.25) is 5.95 Å². The lowest BCUT2D eigenvalue weighted by atomic mass is 10.1. The van der Waals surface area contributed by atoms with Gasteiger partial charge in [-0.05, 0) is 40.3 Å². The first-order valence-electron chi connectivity index (χ1n) is 4.98. The molecule has 0 atom stereocenters. The zero-order valence-electron chi connectivity index (χ0n) is 8.89. The second-order valence-corrected chi connectivity index (χ2v) is 4.63. The third-order valence-electron chi connectivity index (χ3n) is 2.15. The van der Waals surface area contributed by atoms with Gasteiger partial charge in [0.25, 0.3) is 0 Å². The molecule has 0 radical (unpaired) electrons. The summed E-state index contributed by atoms with van der Waals surface area (Å²) >= 11 is 2.16. The van der Waals surface area contributed by atoms with E-state index in [4.69, 9.17) is 5.26 Å². The fraction of sp³-hybridized carbons (Fsp3) is 0.0833. The van der Waals surface area contributed by atoms with E-state index in [9.17, 15) is 0 Å². The molecule has 1 aromatic carbocycles. The predicted octanol–water partition coefficient (Wildman–Crippen LogP) is 2.56.